The molecule has 0 fully saturated rings. The van der Waals surface area contributed by atoms with Gasteiger partial charge in [0, 0.05) is 35.1 Å². The second kappa shape index (κ2) is 5.47. The highest BCUT2D eigenvalue weighted by Crippen LogP contribution is 2.38. The van der Waals surface area contributed by atoms with Gasteiger partial charge in [-0.15, -0.1) is 0 Å². The number of aromatic nitrogens is 3. The molecule has 0 N–H and O–H groups in total. The monoisotopic (exact) mass is 329 g/mol. The van der Waals surface area contributed by atoms with E-state index >= 15 is 0 Å². The first-order chi connectivity index (χ1) is 11.5. The normalized spacial score (nSPS) is 13.3. The van der Waals surface area contributed by atoms with Gasteiger partial charge in [0.25, 0.3) is 0 Å². The second-order valence-corrected chi connectivity index (χ2v) is 5.91. The molecule has 1 aliphatic rings. The molecule has 1 aromatic carbocycles. The standard InChI is InChI=1S/C18H14F3N3/c1-10-4-2-5-15(22-10)18-17(16-6-3-7-24(16)23-18)11-8-13(20)14(21)9-12(11)19/h2,4-5,8-9H,3,6-7H2,1H3. The predicted molar refractivity (Wildman–Crippen MR) is 83.8 cm³/mol. The number of fused-ring (bicyclic) bond motifs is 1. The quantitative estimate of drug-likeness (QED) is 0.657. The molecule has 1 aliphatic heterocycles. The highest BCUT2D eigenvalue weighted by atomic mass is 19.2. The van der Waals surface area contributed by atoms with Crippen LogP contribution in [-0.4, -0.2) is 14.8 Å². The molecule has 0 unspecified atom stereocenters. The van der Waals surface area contributed by atoms with Crippen LogP contribution < -0.4 is 0 Å². The van der Waals surface area contributed by atoms with Gasteiger partial charge in [0.05, 0.1) is 5.69 Å². The third kappa shape index (κ3) is 2.29. The van der Waals surface area contributed by atoms with Gasteiger partial charge in [0.15, 0.2) is 11.6 Å². The molecule has 0 spiro atoms. The van der Waals surface area contributed by atoms with Crippen LogP contribution in [0.4, 0.5) is 13.2 Å². The second-order valence-electron chi connectivity index (χ2n) is 5.91. The largest absolute Gasteiger partial charge is 0.268 e. The van der Waals surface area contributed by atoms with Crippen molar-refractivity contribution in [3.8, 4) is 22.5 Å². The molecule has 24 heavy (non-hydrogen) atoms. The van der Waals surface area contributed by atoms with Crippen molar-refractivity contribution in [1.29, 1.82) is 0 Å². The Morgan fingerprint density at radius 1 is 1.04 bits per heavy atom. The van der Waals surface area contributed by atoms with Crippen molar-refractivity contribution in [3.63, 3.8) is 0 Å². The molecule has 3 aromatic rings. The van der Waals surface area contributed by atoms with Crippen LogP contribution in [0.25, 0.3) is 22.5 Å². The summed E-state index contributed by atoms with van der Waals surface area (Å²) >= 11 is 0. The Balaban J connectivity index is 2.00. The zero-order valence-electron chi connectivity index (χ0n) is 13.0. The Labute approximate surface area is 136 Å². The lowest BCUT2D eigenvalue weighted by molar-refractivity contribution is 0.496. The van der Waals surface area contributed by atoms with E-state index in [-0.39, 0.29) is 5.56 Å². The highest BCUT2D eigenvalue weighted by Gasteiger charge is 2.27. The van der Waals surface area contributed by atoms with Crippen molar-refractivity contribution in [2.24, 2.45) is 0 Å². The lowest BCUT2D eigenvalue weighted by Gasteiger charge is -2.08. The average molecular weight is 329 g/mol. The summed E-state index contributed by atoms with van der Waals surface area (Å²) < 4.78 is 43.2. The minimum Gasteiger partial charge on any atom is -0.268 e. The Hall–Kier alpha value is -2.63. The molecule has 0 saturated carbocycles. The van der Waals surface area contributed by atoms with Gasteiger partial charge in [-0.05, 0) is 38.0 Å². The minimum absolute atomic E-state index is 0.0235. The molecular formula is C18H14F3N3. The number of benzene rings is 1. The number of halogens is 3. The Morgan fingerprint density at radius 3 is 2.62 bits per heavy atom. The number of pyridine rings is 1. The SMILES string of the molecule is Cc1cccc(-c2nn3c(c2-c2cc(F)c(F)cc2F)CCC3)n1. The Bertz CT molecular complexity index is 947. The van der Waals surface area contributed by atoms with E-state index in [0.717, 1.165) is 30.4 Å². The van der Waals surface area contributed by atoms with Crippen LogP contribution in [0.3, 0.4) is 0 Å². The summed E-state index contributed by atoms with van der Waals surface area (Å²) in [6.07, 6.45) is 1.61. The van der Waals surface area contributed by atoms with Gasteiger partial charge < -0.3 is 0 Å². The average Bonchev–Trinajstić information content (AvgIpc) is 3.12. The molecule has 0 radical (unpaired) electrons. The number of rotatable bonds is 2. The van der Waals surface area contributed by atoms with E-state index in [9.17, 15) is 13.2 Å². The van der Waals surface area contributed by atoms with Gasteiger partial charge in [-0.25, -0.2) is 13.2 Å². The number of hydrogen-bond donors (Lipinski definition) is 0. The van der Waals surface area contributed by atoms with Crippen molar-refractivity contribution in [1.82, 2.24) is 14.8 Å². The van der Waals surface area contributed by atoms with E-state index in [4.69, 9.17) is 0 Å². The zero-order chi connectivity index (χ0) is 16.8. The van der Waals surface area contributed by atoms with Crippen molar-refractivity contribution in [2.45, 2.75) is 26.3 Å². The number of nitrogens with zero attached hydrogens (tertiary/aromatic N) is 3. The maximum Gasteiger partial charge on any atom is 0.161 e. The zero-order valence-corrected chi connectivity index (χ0v) is 13.0. The molecule has 6 heteroatoms. The lowest BCUT2D eigenvalue weighted by Crippen LogP contribution is -1.95. The lowest BCUT2D eigenvalue weighted by atomic mass is 9.99. The van der Waals surface area contributed by atoms with Gasteiger partial charge in [0.1, 0.15) is 11.5 Å². The van der Waals surface area contributed by atoms with Crippen LogP contribution in [0.15, 0.2) is 30.3 Å². The third-order valence-electron chi connectivity index (χ3n) is 4.25. The fourth-order valence-electron chi connectivity index (χ4n) is 3.18. The molecule has 3 heterocycles. The first-order valence-corrected chi connectivity index (χ1v) is 7.73. The van der Waals surface area contributed by atoms with Crippen molar-refractivity contribution < 1.29 is 13.2 Å². The fourth-order valence-corrected chi connectivity index (χ4v) is 3.18. The summed E-state index contributed by atoms with van der Waals surface area (Å²) in [5, 5.41) is 4.54. The third-order valence-corrected chi connectivity index (χ3v) is 4.25. The molecule has 0 atom stereocenters. The van der Waals surface area contributed by atoms with Gasteiger partial charge in [-0.3, -0.25) is 9.67 Å². The van der Waals surface area contributed by atoms with Gasteiger partial charge >= 0.3 is 0 Å². The van der Waals surface area contributed by atoms with E-state index in [0.29, 0.717) is 29.4 Å². The molecule has 0 aliphatic carbocycles. The molecule has 0 amide bonds. The Morgan fingerprint density at radius 2 is 1.83 bits per heavy atom. The van der Waals surface area contributed by atoms with E-state index in [1.165, 1.54) is 0 Å². The highest BCUT2D eigenvalue weighted by molar-refractivity contribution is 5.82. The number of aryl methyl sites for hydroxylation is 2. The molecule has 0 bridgehead atoms. The van der Waals surface area contributed by atoms with Crippen LogP contribution >= 0.6 is 0 Å². The van der Waals surface area contributed by atoms with Gasteiger partial charge in [-0.1, -0.05) is 6.07 Å². The van der Waals surface area contributed by atoms with Crippen molar-refractivity contribution >= 4 is 0 Å². The summed E-state index contributed by atoms with van der Waals surface area (Å²) in [6, 6.07) is 6.96. The predicted octanol–water partition coefficient (Wildman–Crippen LogP) is 4.28. The Kier molecular flexibility index (Phi) is 3.40. The maximum absolute atomic E-state index is 14.4. The first kappa shape index (κ1) is 14.9. The topological polar surface area (TPSA) is 30.7 Å². The summed E-state index contributed by atoms with van der Waals surface area (Å²) in [5.74, 6) is -3.08. The molecule has 0 saturated heterocycles. The van der Waals surface area contributed by atoms with Crippen molar-refractivity contribution in [3.05, 3.63) is 59.2 Å². The smallest absolute Gasteiger partial charge is 0.161 e. The van der Waals surface area contributed by atoms with E-state index in [1.54, 1.807) is 10.7 Å². The minimum atomic E-state index is -1.20. The van der Waals surface area contributed by atoms with Crippen LogP contribution in [-0.2, 0) is 13.0 Å². The summed E-state index contributed by atoms with van der Waals surface area (Å²) in [7, 11) is 0. The van der Waals surface area contributed by atoms with Crippen LogP contribution in [0, 0.1) is 24.4 Å². The fraction of sp³-hybridized carbons (Fsp3) is 0.222. The first-order valence-electron chi connectivity index (χ1n) is 7.73. The van der Waals surface area contributed by atoms with E-state index < -0.39 is 17.5 Å². The molecule has 122 valence electrons. The summed E-state index contributed by atoms with van der Waals surface area (Å²) in [5.41, 5.74) is 3.25. The van der Waals surface area contributed by atoms with Crippen molar-refractivity contribution in [2.75, 3.05) is 0 Å². The molecule has 2 aromatic heterocycles. The van der Waals surface area contributed by atoms with E-state index in [1.807, 2.05) is 19.1 Å². The summed E-state index contributed by atoms with van der Waals surface area (Å²) in [6.45, 7) is 2.57. The molecule has 4 rings (SSSR count). The molecule has 3 nitrogen and oxygen atoms in total. The van der Waals surface area contributed by atoms with Gasteiger partial charge in [0.2, 0.25) is 0 Å². The summed E-state index contributed by atoms with van der Waals surface area (Å²) in [4.78, 5) is 4.45. The van der Waals surface area contributed by atoms with E-state index in [2.05, 4.69) is 10.1 Å². The number of hydrogen-bond acceptors (Lipinski definition) is 2. The van der Waals surface area contributed by atoms with Crippen LogP contribution in [0.5, 0.6) is 0 Å². The van der Waals surface area contributed by atoms with Crippen LogP contribution in [0.2, 0.25) is 0 Å². The maximum atomic E-state index is 14.4. The van der Waals surface area contributed by atoms with Crippen LogP contribution in [0.1, 0.15) is 17.8 Å². The molecular weight excluding hydrogens is 315 g/mol. The van der Waals surface area contributed by atoms with Gasteiger partial charge in [-0.2, -0.15) is 5.10 Å².